The Hall–Kier alpha value is -2.59. The second-order valence-corrected chi connectivity index (χ2v) is 6.40. The van der Waals surface area contributed by atoms with Crippen molar-refractivity contribution < 1.29 is 9.90 Å². The summed E-state index contributed by atoms with van der Waals surface area (Å²) < 4.78 is 0. The maximum atomic E-state index is 12.3. The summed E-state index contributed by atoms with van der Waals surface area (Å²) >= 11 is 0. The van der Waals surface area contributed by atoms with Crippen molar-refractivity contribution in [2.75, 3.05) is 6.54 Å². The smallest absolute Gasteiger partial charge is 0.224 e. The van der Waals surface area contributed by atoms with E-state index in [1.807, 2.05) is 61.7 Å². The van der Waals surface area contributed by atoms with Crippen LogP contribution in [0.15, 0.2) is 54.7 Å². The quantitative estimate of drug-likeness (QED) is 0.676. The van der Waals surface area contributed by atoms with Crippen molar-refractivity contribution in [1.82, 2.24) is 10.3 Å². The number of hydrogen-bond acceptors (Lipinski definition) is 2. The Morgan fingerprint density at radius 1 is 1.17 bits per heavy atom. The monoisotopic (exact) mass is 322 g/mol. The van der Waals surface area contributed by atoms with Gasteiger partial charge < -0.3 is 15.4 Å². The summed E-state index contributed by atoms with van der Waals surface area (Å²) in [5.74, 6) is -0.103. The highest BCUT2D eigenvalue weighted by molar-refractivity contribution is 5.90. The van der Waals surface area contributed by atoms with Crippen LogP contribution in [0.25, 0.3) is 10.9 Å². The molecular weight excluding hydrogens is 300 g/mol. The normalized spacial score (nSPS) is 13.6. The van der Waals surface area contributed by atoms with Crippen molar-refractivity contribution in [2.24, 2.45) is 0 Å². The average molecular weight is 322 g/mol. The van der Waals surface area contributed by atoms with Gasteiger partial charge in [0.2, 0.25) is 5.91 Å². The summed E-state index contributed by atoms with van der Waals surface area (Å²) in [6.07, 6.45) is 2.17. The molecule has 0 radical (unpaired) electrons. The number of carbonyl (C=O) groups excluding carboxylic acids is 1. The first kappa shape index (κ1) is 16.3. The molecule has 0 fully saturated rings. The van der Waals surface area contributed by atoms with Crippen LogP contribution in [0.5, 0.6) is 0 Å². The Kier molecular flexibility index (Phi) is 4.40. The third-order valence-corrected chi connectivity index (χ3v) is 4.39. The summed E-state index contributed by atoms with van der Waals surface area (Å²) in [5, 5.41) is 14.5. The van der Waals surface area contributed by atoms with E-state index < -0.39 is 5.60 Å². The van der Waals surface area contributed by atoms with Crippen LogP contribution in [-0.4, -0.2) is 22.5 Å². The van der Waals surface area contributed by atoms with E-state index in [2.05, 4.69) is 10.3 Å². The number of para-hydroxylation sites is 1. The maximum Gasteiger partial charge on any atom is 0.224 e. The Morgan fingerprint density at radius 2 is 1.92 bits per heavy atom. The molecule has 1 unspecified atom stereocenters. The predicted molar refractivity (Wildman–Crippen MR) is 95.8 cm³/mol. The zero-order valence-electron chi connectivity index (χ0n) is 14.0. The molecule has 0 aliphatic carbocycles. The number of aliphatic hydroxyl groups is 1. The first-order valence-corrected chi connectivity index (χ1v) is 8.07. The molecule has 0 aliphatic heterocycles. The molecule has 1 amide bonds. The van der Waals surface area contributed by atoms with E-state index in [1.165, 1.54) is 0 Å². The van der Waals surface area contributed by atoms with Gasteiger partial charge in [-0.2, -0.15) is 0 Å². The second-order valence-electron chi connectivity index (χ2n) is 6.40. The Morgan fingerprint density at radius 3 is 2.67 bits per heavy atom. The van der Waals surface area contributed by atoms with Crippen LogP contribution < -0.4 is 5.32 Å². The molecule has 0 spiro atoms. The van der Waals surface area contributed by atoms with Gasteiger partial charge in [0.1, 0.15) is 5.60 Å². The molecule has 4 heteroatoms. The van der Waals surface area contributed by atoms with Gasteiger partial charge in [-0.25, -0.2) is 0 Å². The van der Waals surface area contributed by atoms with Gasteiger partial charge in [0.05, 0.1) is 13.0 Å². The molecule has 0 aliphatic rings. The molecule has 3 aromatic rings. The van der Waals surface area contributed by atoms with Crippen molar-refractivity contribution in [3.8, 4) is 0 Å². The zero-order chi connectivity index (χ0) is 17.2. The minimum Gasteiger partial charge on any atom is -0.384 e. The summed E-state index contributed by atoms with van der Waals surface area (Å²) in [6, 6.07) is 15.4. The number of benzene rings is 2. The Labute approximate surface area is 141 Å². The first-order valence-electron chi connectivity index (χ1n) is 8.07. The lowest BCUT2D eigenvalue weighted by molar-refractivity contribution is -0.121. The van der Waals surface area contributed by atoms with E-state index in [0.717, 1.165) is 27.6 Å². The summed E-state index contributed by atoms with van der Waals surface area (Å²) in [4.78, 5) is 15.5. The third kappa shape index (κ3) is 3.34. The zero-order valence-corrected chi connectivity index (χ0v) is 14.0. The summed E-state index contributed by atoms with van der Waals surface area (Å²) in [7, 11) is 0. The lowest BCUT2D eigenvalue weighted by Gasteiger charge is -2.24. The van der Waals surface area contributed by atoms with Crippen molar-refractivity contribution in [2.45, 2.75) is 25.9 Å². The lowest BCUT2D eigenvalue weighted by Crippen LogP contribution is -2.39. The van der Waals surface area contributed by atoms with Crippen molar-refractivity contribution in [1.29, 1.82) is 0 Å². The molecular formula is C20H22N2O2. The molecule has 24 heavy (non-hydrogen) atoms. The highest BCUT2D eigenvalue weighted by Gasteiger charge is 2.23. The Bertz CT molecular complexity index is 850. The molecule has 0 saturated carbocycles. The van der Waals surface area contributed by atoms with Crippen LogP contribution in [-0.2, 0) is 16.8 Å². The van der Waals surface area contributed by atoms with Gasteiger partial charge in [0.25, 0.3) is 0 Å². The standard InChI is InChI=1S/C20H22N2O2/c1-14-7-6-10-17-15(12-21-19(14)17)11-18(23)22-13-20(2,24)16-8-4-3-5-9-16/h3-10,12,21,24H,11,13H2,1-2H3,(H,22,23). The average Bonchev–Trinajstić information content (AvgIpc) is 2.98. The largest absolute Gasteiger partial charge is 0.384 e. The Balaban J connectivity index is 1.66. The third-order valence-electron chi connectivity index (χ3n) is 4.39. The van der Waals surface area contributed by atoms with E-state index in [1.54, 1.807) is 6.92 Å². The summed E-state index contributed by atoms with van der Waals surface area (Å²) in [5.41, 5.74) is 2.88. The van der Waals surface area contributed by atoms with Crippen molar-refractivity contribution in [3.05, 3.63) is 71.4 Å². The van der Waals surface area contributed by atoms with E-state index in [9.17, 15) is 9.90 Å². The molecule has 3 rings (SSSR count). The number of rotatable bonds is 5. The molecule has 3 N–H and O–H groups in total. The minimum atomic E-state index is -1.09. The van der Waals surface area contributed by atoms with Gasteiger partial charge in [0, 0.05) is 17.1 Å². The maximum absolute atomic E-state index is 12.3. The van der Waals surface area contributed by atoms with Crippen LogP contribution in [0.4, 0.5) is 0 Å². The van der Waals surface area contributed by atoms with Gasteiger partial charge in [-0.3, -0.25) is 4.79 Å². The van der Waals surface area contributed by atoms with Gasteiger partial charge in [-0.05, 0) is 30.5 Å². The molecule has 0 bridgehead atoms. The minimum absolute atomic E-state index is 0.103. The number of nitrogens with one attached hydrogen (secondary N) is 2. The molecule has 4 nitrogen and oxygen atoms in total. The van der Waals surface area contributed by atoms with Crippen LogP contribution in [0.2, 0.25) is 0 Å². The number of carbonyl (C=O) groups is 1. The number of amides is 1. The predicted octanol–water partition coefficient (Wildman–Crippen LogP) is 3.04. The molecule has 1 atom stereocenters. The van der Waals surface area contributed by atoms with Crippen LogP contribution >= 0.6 is 0 Å². The van der Waals surface area contributed by atoms with Crippen LogP contribution in [0, 0.1) is 6.92 Å². The van der Waals surface area contributed by atoms with Gasteiger partial charge in [-0.1, -0.05) is 48.5 Å². The molecule has 0 saturated heterocycles. The highest BCUT2D eigenvalue weighted by Crippen LogP contribution is 2.22. The van der Waals surface area contributed by atoms with E-state index in [-0.39, 0.29) is 18.9 Å². The molecule has 1 heterocycles. The number of aryl methyl sites for hydroxylation is 1. The fourth-order valence-electron chi connectivity index (χ4n) is 2.92. The fraction of sp³-hybridized carbons (Fsp3) is 0.250. The van der Waals surface area contributed by atoms with E-state index in [4.69, 9.17) is 0 Å². The second kappa shape index (κ2) is 6.49. The first-order chi connectivity index (χ1) is 11.5. The molecule has 2 aromatic carbocycles. The number of H-pyrrole nitrogens is 1. The number of hydrogen-bond donors (Lipinski definition) is 3. The van der Waals surface area contributed by atoms with E-state index in [0.29, 0.717) is 0 Å². The van der Waals surface area contributed by atoms with Crippen LogP contribution in [0.3, 0.4) is 0 Å². The van der Waals surface area contributed by atoms with Gasteiger partial charge in [0.15, 0.2) is 0 Å². The topological polar surface area (TPSA) is 65.1 Å². The molecule has 1 aromatic heterocycles. The van der Waals surface area contributed by atoms with E-state index >= 15 is 0 Å². The number of aromatic nitrogens is 1. The lowest BCUT2D eigenvalue weighted by atomic mass is 9.96. The highest BCUT2D eigenvalue weighted by atomic mass is 16.3. The fourth-order valence-corrected chi connectivity index (χ4v) is 2.92. The SMILES string of the molecule is Cc1cccc2c(CC(=O)NCC(C)(O)c3ccccc3)c[nH]c12. The number of aromatic amines is 1. The summed E-state index contributed by atoms with van der Waals surface area (Å²) in [6.45, 7) is 3.93. The number of fused-ring (bicyclic) bond motifs is 1. The van der Waals surface area contributed by atoms with Gasteiger partial charge >= 0.3 is 0 Å². The van der Waals surface area contributed by atoms with Crippen molar-refractivity contribution >= 4 is 16.8 Å². The van der Waals surface area contributed by atoms with Crippen molar-refractivity contribution in [3.63, 3.8) is 0 Å². The van der Waals surface area contributed by atoms with Gasteiger partial charge in [-0.15, -0.1) is 0 Å². The molecule has 124 valence electrons. The van der Waals surface area contributed by atoms with Crippen LogP contribution in [0.1, 0.15) is 23.6 Å².